The van der Waals surface area contributed by atoms with Crippen LogP contribution in [0.3, 0.4) is 0 Å². The molecule has 100 valence electrons. The van der Waals surface area contributed by atoms with Gasteiger partial charge in [-0.2, -0.15) is 0 Å². The maximum Gasteiger partial charge on any atom is 0.142 e. The van der Waals surface area contributed by atoms with E-state index in [-0.39, 0.29) is 6.04 Å². The second-order valence-corrected chi connectivity index (χ2v) is 4.55. The van der Waals surface area contributed by atoms with E-state index in [0.29, 0.717) is 16.5 Å². The molecule has 0 aliphatic carbocycles. The van der Waals surface area contributed by atoms with Crippen LogP contribution in [0.4, 0.5) is 0 Å². The number of hydrogen-bond acceptors (Lipinski definition) is 4. The van der Waals surface area contributed by atoms with Gasteiger partial charge in [-0.25, -0.2) is 5.43 Å². The molecule has 2 aromatic rings. The number of methoxy groups -OCH3 is 1. The fourth-order valence-electron chi connectivity index (χ4n) is 2.00. The normalized spacial score (nSPS) is 12.2. The molecule has 5 heteroatoms. The van der Waals surface area contributed by atoms with Gasteiger partial charge in [0.2, 0.25) is 0 Å². The number of pyridine rings is 1. The molecule has 1 aromatic heterocycles. The van der Waals surface area contributed by atoms with Gasteiger partial charge in [-0.1, -0.05) is 29.8 Å². The van der Waals surface area contributed by atoms with Gasteiger partial charge in [0.15, 0.2) is 0 Å². The monoisotopic (exact) mass is 277 g/mol. The van der Waals surface area contributed by atoms with E-state index in [1.807, 2.05) is 37.3 Å². The second-order valence-electron chi connectivity index (χ2n) is 4.17. The van der Waals surface area contributed by atoms with E-state index in [2.05, 4.69) is 10.4 Å². The lowest BCUT2D eigenvalue weighted by atomic mass is 10.0. The zero-order chi connectivity index (χ0) is 13.8. The summed E-state index contributed by atoms with van der Waals surface area (Å²) >= 11 is 6.35. The zero-order valence-corrected chi connectivity index (χ0v) is 11.6. The number of rotatable bonds is 4. The summed E-state index contributed by atoms with van der Waals surface area (Å²) in [6, 6.07) is 9.16. The highest BCUT2D eigenvalue weighted by Gasteiger charge is 2.21. The van der Waals surface area contributed by atoms with Gasteiger partial charge in [-0.3, -0.25) is 10.8 Å². The molecule has 0 bridgehead atoms. The Labute approximate surface area is 117 Å². The molecule has 0 radical (unpaired) electrons. The molecule has 1 unspecified atom stereocenters. The highest BCUT2D eigenvalue weighted by Crippen LogP contribution is 2.32. The quantitative estimate of drug-likeness (QED) is 0.666. The van der Waals surface area contributed by atoms with Crippen LogP contribution in [0.25, 0.3) is 0 Å². The number of halogens is 1. The van der Waals surface area contributed by atoms with Gasteiger partial charge in [0.05, 0.1) is 13.2 Å². The second kappa shape index (κ2) is 6.02. The molecule has 0 aliphatic rings. The number of benzene rings is 1. The van der Waals surface area contributed by atoms with Crippen LogP contribution >= 0.6 is 11.6 Å². The molecule has 0 spiro atoms. The van der Waals surface area contributed by atoms with Gasteiger partial charge in [-0.05, 0) is 30.2 Å². The van der Waals surface area contributed by atoms with Crippen molar-refractivity contribution in [1.82, 2.24) is 10.4 Å². The number of ether oxygens (including phenoxy) is 1. The Morgan fingerprint density at radius 1 is 1.32 bits per heavy atom. The summed E-state index contributed by atoms with van der Waals surface area (Å²) in [6.07, 6.45) is 1.70. The van der Waals surface area contributed by atoms with Crippen molar-refractivity contribution in [3.8, 4) is 5.75 Å². The number of nitrogens with zero attached hydrogens (tertiary/aromatic N) is 1. The molecule has 1 aromatic carbocycles. The van der Waals surface area contributed by atoms with Crippen molar-refractivity contribution in [1.29, 1.82) is 0 Å². The number of nitrogens with two attached hydrogens (primary N) is 1. The minimum atomic E-state index is -0.316. The highest BCUT2D eigenvalue weighted by molar-refractivity contribution is 6.32. The number of nitrogens with one attached hydrogen (secondary N) is 1. The molecule has 4 nitrogen and oxygen atoms in total. The van der Waals surface area contributed by atoms with E-state index in [1.165, 1.54) is 0 Å². The fraction of sp³-hybridized carbons (Fsp3) is 0.214. The molecular weight excluding hydrogens is 262 g/mol. The fourth-order valence-corrected chi connectivity index (χ4v) is 2.24. The van der Waals surface area contributed by atoms with Crippen molar-refractivity contribution in [3.05, 3.63) is 58.4 Å². The van der Waals surface area contributed by atoms with Gasteiger partial charge in [-0.15, -0.1) is 0 Å². The Hall–Kier alpha value is -1.62. The zero-order valence-electron chi connectivity index (χ0n) is 10.9. The standard InChI is InChI=1S/C14H16ClN3O/c1-9-5-3-6-10(12(9)15)13(18-16)14-11(19-2)7-4-8-17-14/h3-8,13,18H,16H2,1-2H3. The van der Waals surface area contributed by atoms with Crippen LogP contribution < -0.4 is 16.0 Å². The molecule has 0 saturated heterocycles. The number of aryl methyl sites for hydroxylation is 1. The molecule has 0 fully saturated rings. The van der Waals surface area contributed by atoms with Crippen LogP contribution in [0.15, 0.2) is 36.5 Å². The topological polar surface area (TPSA) is 60.2 Å². The number of hydrazine groups is 1. The Morgan fingerprint density at radius 2 is 2.11 bits per heavy atom. The largest absolute Gasteiger partial charge is 0.495 e. The Kier molecular flexibility index (Phi) is 4.37. The average Bonchev–Trinajstić information content (AvgIpc) is 2.45. The van der Waals surface area contributed by atoms with E-state index in [0.717, 1.165) is 11.1 Å². The van der Waals surface area contributed by atoms with Crippen molar-refractivity contribution in [2.75, 3.05) is 7.11 Å². The molecule has 19 heavy (non-hydrogen) atoms. The lowest BCUT2D eigenvalue weighted by Crippen LogP contribution is -2.30. The van der Waals surface area contributed by atoms with Crippen LogP contribution in [0.5, 0.6) is 5.75 Å². The predicted octanol–water partition coefficient (Wildman–Crippen LogP) is 2.60. The van der Waals surface area contributed by atoms with E-state index in [4.69, 9.17) is 22.2 Å². The predicted molar refractivity (Wildman–Crippen MR) is 76.1 cm³/mol. The van der Waals surface area contributed by atoms with E-state index < -0.39 is 0 Å². The summed E-state index contributed by atoms with van der Waals surface area (Å²) < 4.78 is 5.32. The van der Waals surface area contributed by atoms with Gasteiger partial charge in [0.1, 0.15) is 11.4 Å². The molecular formula is C14H16ClN3O. The Morgan fingerprint density at radius 3 is 2.79 bits per heavy atom. The molecule has 1 atom stereocenters. The highest BCUT2D eigenvalue weighted by atomic mass is 35.5. The Balaban J connectivity index is 2.53. The average molecular weight is 278 g/mol. The van der Waals surface area contributed by atoms with Crippen LogP contribution in [0, 0.1) is 6.92 Å². The molecule has 0 amide bonds. The van der Waals surface area contributed by atoms with Gasteiger partial charge in [0, 0.05) is 11.2 Å². The minimum Gasteiger partial charge on any atom is -0.495 e. The maximum absolute atomic E-state index is 6.35. The summed E-state index contributed by atoms with van der Waals surface area (Å²) in [5.74, 6) is 6.34. The van der Waals surface area contributed by atoms with Crippen LogP contribution in [0.2, 0.25) is 5.02 Å². The third-order valence-corrected chi connectivity index (χ3v) is 3.51. The van der Waals surface area contributed by atoms with Gasteiger partial charge >= 0.3 is 0 Å². The maximum atomic E-state index is 6.35. The van der Waals surface area contributed by atoms with Crippen molar-refractivity contribution in [2.24, 2.45) is 5.84 Å². The molecule has 3 N–H and O–H groups in total. The van der Waals surface area contributed by atoms with Crippen LogP contribution in [-0.4, -0.2) is 12.1 Å². The first-order valence-electron chi connectivity index (χ1n) is 5.89. The lowest BCUT2D eigenvalue weighted by Gasteiger charge is -2.20. The molecule has 0 aliphatic heterocycles. The van der Waals surface area contributed by atoms with Crippen LogP contribution in [0.1, 0.15) is 22.9 Å². The number of aromatic nitrogens is 1. The molecule has 0 saturated carbocycles. The van der Waals surface area contributed by atoms with Crippen molar-refractivity contribution in [2.45, 2.75) is 13.0 Å². The van der Waals surface area contributed by atoms with Crippen molar-refractivity contribution in [3.63, 3.8) is 0 Å². The summed E-state index contributed by atoms with van der Waals surface area (Å²) in [7, 11) is 1.60. The SMILES string of the molecule is COc1cccnc1C(NN)c1cccc(C)c1Cl. The van der Waals surface area contributed by atoms with Crippen molar-refractivity contribution >= 4 is 11.6 Å². The Bertz CT molecular complexity index is 574. The third-order valence-electron chi connectivity index (χ3n) is 2.99. The molecule has 2 rings (SSSR count). The first kappa shape index (κ1) is 13.8. The van der Waals surface area contributed by atoms with E-state index in [9.17, 15) is 0 Å². The summed E-state index contributed by atoms with van der Waals surface area (Å²) in [5, 5.41) is 0.679. The van der Waals surface area contributed by atoms with Gasteiger partial charge < -0.3 is 4.74 Å². The summed E-state index contributed by atoms with van der Waals surface area (Å²) in [6.45, 7) is 1.95. The first-order chi connectivity index (χ1) is 9.19. The minimum absolute atomic E-state index is 0.316. The van der Waals surface area contributed by atoms with E-state index >= 15 is 0 Å². The van der Waals surface area contributed by atoms with Crippen LogP contribution in [-0.2, 0) is 0 Å². The number of hydrogen-bond donors (Lipinski definition) is 2. The summed E-state index contributed by atoms with van der Waals surface area (Å²) in [4.78, 5) is 4.34. The molecule has 1 heterocycles. The van der Waals surface area contributed by atoms with Gasteiger partial charge in [0.25, 0.3) is 0 Å². The van der Waals surface area contributed by atoms with Crippen molar-refractivity contribution < 1.29 is 4.74 Å². The first-order valence-corrected chi connectivity index (χ1v) is 6.27. The van der Waals surface area contributed by atoms with E-state index in [1.54, 1.807) is 13.3 Å². The summed E-state index contributed by atoms with van der Waals surface area (Å²) in [5.41, 5.74) is 5.33. The smallest absolute Gasteiger partial charge is 0.142 e. The third kappa shape index (κ3) is 2.71. The lowest BCUT2D eigenvalue weighted by molar-refractivity contribution is 0.400.